The lowest BCUT2D eigenvalue weighted by molar-refractivity contribution is -0.145. The van der Waals surface area contributed by atoms with Crippen LogP contribution in [0.25, 0.3) is 0 Å². The number of aryl methyl sites for hydroxylation is 1. The van der Waals surface area contributed by atoms with Crippen molar-refractivity contribution in [3.8, 4) is 0 Å². The second-order valence-electron chi connectivity index (χ2n) is 5.27. The third kappa shape index (κ3) is 5.03. The predicted molar refractivity (Wildman–Crippen MR) is 78.5 cm³/mol. The highest BCUT2D eigenvalue weighted by Crippen LogP contribution is 2.09. The molecule has 1 aromatic rings. The number of amides is 1. The Balaban J connectivity index is 2.75. The zero-order chi connectivity index (χ0) is 15.1. The van der Waals surface area contributed by atoms with Crippen molar-refractivity contribution in [2.45, 2.75) is 40.2 Å². The van der Waals surface area contributed by atoms with Crippen molar-refractivity contribution in [2.24, 2.45) is 5.92 Å². The monoisotopic (exact) mass is 277 g/mol. The molecule has 1 rings (SSSR count). The second kappa shape index (κ2) is 7.68. The lowest BCUT2D eigenvalue weighted by Crippen LogP contribution is -2.42. The first kappa shape index (κ1) is 16.2. The van der Waals surface area contributed by atoms with Crippen molar-refractivity contribution < 1.29 is 14.3 Å². The number of hydrogen-bond acceptors (Lipinski definition) is 3. The van der Waals surface area contributed by atoms with Crippen LogP contribution in [0.4, 0.5) is 0 Å². The maximum atomic E-state index is 12.1. The molecule has 0 saturated carbocycles. The fourth-order valence-electron chi connectivity index (χ4n) is 1.87. The third-order valence-corrected chi connectivity index (χ3v) is 2.90. The Morgan fingerprint density at radius 3 is 2.30 bits per heavy atom. The van der Waals surface area contributed by atoms with E-state index >= 15 is 0 Å². The summed E-state index contributed by atoms with van der Waals surface area (Å²) >= 11 is 0. The molecule has 0 unspecified atom stereocenters. The molecule has 110 valence electrons. The summed E-state index contributed by atoms with van der Waals surface area (Å²) in [5.74, 6) is -0.326. The summed E-state index contributed by atoms with van der Waals surface area (Å²) in [5, 5.41) is 2.76. The summed E-state index contributed by atoms with van der Waals surface area (Å²) in [4.78, 5) is 24.0. The van der Waals surface area contributed by atoms with Gasteiger partial charge in [-0.1, -0.05) is 31.5 Å². The van der Waals surface area contributed by atoms with Crippen LogP contribution >= 0.6 is 0 Å². The number of carbonyl (C=O) groups is 2. The van der Waals surface area contributed by atoms with Gasteiger partial charge in [-0.15, -0.1) is 0 Å². The standard InChI is InChI=1S/C16H23NO3/c1-5-20-16(19)14(10-11(2)3)17-15(18)13-8-6-12(4)7-9-13/h6-9,11,14H,5,10H2,1-4H3,(H,17,18)/t14-/m0/s1. The maximum absolute atomic E-state index is 12.1. The van der Waals surface area contributed by atoms with E-state index in [1.165, 1.54) is 0 Å². The van der Waals surface area contributed by atoms with Crippen LogP contribution in [0.2, 0.25) is 0 Å². The van der Waals surface area contributed by atoms with E-state index in [1.54, 1.807) is 19.1 Å². The van der Waals surface area contributed by atoms with Gasteiger partial charge >= 0.3 is 5.97 Å². The van der Waals surface area contributed by atoms with Crippen molar-refractivity contribution in [1.82, 2.24) is 5.32 Å². The number of hydrogen-bond donors (Lipinski definition) is 1. The Bertz CT molecular complexity index is 451. The van der Waals surface area contributed by atoms with Crippen LogP contribution in [0.15, 0.2) is 24.3 Å². The first-order valence-electron chi connectivity index (χ1n) is 6.98. The van der Waals surface area contributed by atoms with Crippen LogP contribution < -0.4 is 5.32 Å². The Morgan fingerprint density at radius 2 is 1.80 bits per heavy atom. The van der Waals surface area contributed by atoms with E-state index < -0.39 is 6.04 Å². The number of ether oxygens (including phenoxy) is 1. The molecule has 0 saturated heterocycles. The van der Waals surface area contributed by atoms with Gasteiger partial charge in [-0.2, -0.15) is 0 Å². The van der Waals surface area contributed by atoms with Crippen molar-refractivity contribution in [3.63, 3.8) is 0 Å². The van der Waals surface area contributed by atoms with Gasteiger partial charge in [0.1, 0.15) is 6.04 Å². The molecule has 4 heteroatoms. The third-order valence-electron chi connectivity index (χ3n) is 2.90. The fraction of sp³-hybridized carbons (Fsp3) is 0.500. The summed E-state index contributed by atoms with van der Waals surface area (Å²) in [6, 6.07) is 6.65. The smallest absolute Gasteiger partial charge is 0.328 e. The van der Waals surface area contributed by atoms with E-state index in [1.807, 2.05) is 32.9 Å². The van der Waals surface area contributed by atoms with Crippen molar-refractivity contribution in [3.05, 3.63) is 35.4 Å². The normalized spacial score (nSPS) is 12.1. The van der Waals surface area contributed by atoms with Gasteiger partial charge in [-0.25, -0.2) is 4.79 Å². The zero-order valence-electron chi connectivity index (χ0n) is 12.6. The number of rotatable bonds is 6. The van der Waals surface area contributed by atoms with E-state index in [0.717, 1.165) is 5.56 Å². The molecule has 1 amide bonds. The van der Waals surface area contributed by atoms with E-state index in [9.17, 15) is 9.59 Å². The first-order valence-corrected chi connectivity index (χ1v) is 6.98. The van der Waals surface area contributed by atoms with Crippen LogP contribution in [0, 0.1) is 12.8 Å². The molecule has 0 heterocycles. The molecule has 0 bridgehead atoms. The maximum Gasteiger partial charge on any atom is 0.328 e. The second-order valence-corrected chi connectivity index (χ2v) is 5.27. The highest BCUT2D eigenvalue weighted by Gasteiger charge is 2.23. The van der Waals surface area contributed by atoms with E-state index in [2.05, 4.69) is 5.32 Å². The molecule has 0 radical (unpaired) electrons. The quantitative estimate of drug-likeness (QED) is 0.813. The summed E-state index contributed by atoms with van der Waals surface area (Å²) in [6.07, 6.45) is 0.566. The molecule has 0 aliphatic heterocycles. The van der Waals surface area contributed by atoms with Gasteiger partial charge in [-0.05, 0) is 38.3 Å². The van der Waals surface area contributed by atoms with E-state index in [0.29, 0.717) is 24.5 Å². The van der Waals surface area contributed by atoms with Crippen LogP contribution in [0.5, 0.6) is 0 Å². The molecule has 1 aromatic carbocycles. The number of esters is 1. The van der Waals surface area contributed by atoms with Crippen LogP contribution in [-0.2, 0) is 9.53 Å². The molecule has 0 fully saturated rings. The van der Waals surface area contributed by atoms with Gasteiger partial charge in [0.2, 0.25) is 0 Å². The molecular weight excluding hydrogens is 254 g/mol. The van der Waals surface area contributed by atoms with Gasteiger partial charge < -0.3 is 10.1 Å². The van der Waals surface area contributed by atoms with E-state index in [-0.39, 0.29) is 11.9 Å². The molecule has 4 nitrogen and oxygen atoms in total. The van der Waals surface area contributed by atoms with Gasteiger partial charge in [0, 0.05) is 5.56 Å². The van der Waals surface area contributed by atoms with Gasteiger partial charge in [0.15, 0.2) is 0 Å². The van der Waals surface area contributed by atoms with E-state index in [4.69, 9.17) is 4.74 Å². The minimum absolute atomic E-state index is 0.247. The zero-order valence-corrected chi connectivity index (χ0v) is 12.6. The average molecular weight is 277 g/mol. The molecule has 0 aliphatic carbocycles. The minimum Gasteiger partial charge on any atom is -0.464 e. The summed E-state index contributed by atoms with van der Waals surface area (Å²) < 4.78 is 5.01. The first-order chi connectivity index (χ1) is 9.43. The largest absolute Gasteiger partial charge is 0.464 e. The average Bonchev–Trinajstić information content (AvgIpc) is 2.38. The lowest BCUT2D eigenvalue weighted by Gasteiger charge is -2.19. The Labute approximate surface area is 120 Å². The van der Waals surface area contributed by atoms with Gasteiger partial charge in [-0.3, -0.25) is 4.79 Å². The predicted octanol–water partition coefficient (Wildman–Crippen LogP) is 2.70. The summed E-state index contributed by atoms with van der Waals surface area (Å²) in [6.45, 7) is 8.04. The summed E-state index contributed by atoms with van der Waals surface area (Å²) in [7, 11) is 0. The van der Waals surface area contributed by atoms with Gasteiger partial charge in [0.05, 0.1) is 6.61 Å². The number of carbonyl (C=O) groups excluding carboxylic acids is 2. The Morgan fingerprint density at radius 1 is 1.20 bits per heavy atom. The van der Waals surface area contributed by atoms with Gasteiger partial charge in [0.25, 0.3) is 5.91 Å². The molecular formula is C16H23NO3. The van der Waals surface area contributed by atoms with Crippen LogP contribution in [-0.4, -0.2) is 24.5 Å². The summed E-state index contributed by atoms with van der Waals surface area (Å²) in [5.41, 5.74) is 1.64. The molecule has 0 spiro atoms. The van der Waals surface area contributed by atoms with Crippen LogP contribution in [0.3, 0.4) is 0 Å². The topological polar surface area (TPSA) is 55.4 Å². The number of nitrogens with one attached hydrogen (secondary N) is 1. The Kier molecular flexibility index (Phi) is 6.22. The molecule has 1 atom stereocenters. The SMILES string of the molecule is CCOC(=O)[C@H](CC(C)C)NC(=O)c1ccc(C)cc1. The minimum atomic E-state index is -0.594. The lowest BCUT2D eigenvalue weighted by atomic mass is 10.0. The fourth-order valence-corrected chi connectivity index (χ4v) is 1.87. The molecule has 0 aliphatic rings. The highest BCUT2D eigenvalue weighted by molar-refractivity contribution is 5.96. The number of benzene rings is 1. The highest BCUT2D eigenvalue weighted by atomic mass is 16.5. The van der Waals surface area contributed by atoms with Crippen molar-refractivity contribution in [2.75, 3.05) is 6.61 Å². The Hall–Kier alpha value is -1.84. The van der Waals surface area contributed by atoms with Crippen LogP contribution in [0.1, 0.15) is 43.1 Å². The molecule has 20 heavy (non-hydrogen) atoms. The molecule has 0 aromatic heterocycles. The van der Waals surface area contributed by atoms with Crippen molar-refractivity contribution >= 4 is 11.9 Å². The molecule has 1 N–H and O–H groups in total. The van der Waals surface area contributed by atoms with Crippen molar-refractivity contribution in [1.29, 1.82) is 0 Å².